The molecular weight excluding hydrogens is 280 g/mol. The number of hydrogen-bond acceptors (Lipinski definition) is 6. The topological polar surface area (TPSA) is 86.7 Å². The molecular formula is C10H16O6S2. The van der Waals surface area contributed by atoms with Crippen LogP contribution in [0.2, 0.25) is 0 Å². The van der Waals surface area contributed by atoms with Gasteiger partial charge in [0.1, 0.15) is 0 Å². The predicted molar refractivity (Wildman–Crippen MR) is 68.7 cm³/mol. The zero-order chi connectivity index (χ0) is 14.4. The van der Waals surface area contributed by atoms with Crippen LogP contribution in [0.25, 0.3) is 0 Å². The average Bonchev–Trinajstić information content (AvgIpc) is 2.20. The highest BCUT2D eigenvalue weighted by molar-refractivity contribution is 7.86. The van der Waals surface area contributed by atoms with E-state index in [1.54, 1.807) is 0 Å². The molecule has 1 rings (SSSR count). The third kappa shape index (κ3) is 7.13. The molecule has 0 saturated carbocycles. The summed E-state index contributed by atoms with van der Waals surface area (Å²) in [6, 6.07) is 5.58. The smallest absolute Gasteiger partial charge is 0.306 e. The summed E-state index contributed by atoms with van der Waals surface area (Å²) in [7, 11) is -7.46. The van der Waals surface area contributed by atoms with Crippen molar-refractivity contribution in [1.29, 1.82) is 0 Å². The Bertz CT molecular complexity index is 521. The van der Waals surface area contributed by atoms with Crippen molar-refractivity contribution in [2.75, 3.05) is 12.5 Å². The summed E-state index contributed by atoms with van der Waals surface area (Å²) in [5, 5.41) is 0. The van der Waals surface area contributed by atoms with E-state index in [0.29, 0.717) is 0 Å². The second-order valence-electron chi connectivity index (χ2n) is 3.02. The summed E-state index contributed by atoms with van der Waals surface area (Å²) >= 11 is 0. The molecule has 0 aliphatic heterocycles. The second kappa shape index (κ2) is 6.60. The van der Waals surface area contributed by atoms with E-state index in [-0.39, 0.29) is 11.5 Å². The Kier molecular flexibility index (Phi) is 6.13. The Balaban J connectivity index is 0.00000137. The molecule has 8 heteroatoms. The summed E-state index contributed by atoms with van der Waals surface area (Å²) < 4.78 is 52.7. The zero-order valence-corrected chi connectivity index (χ0v) is 12.2. The van der Waals surface area contributed by atoms with E-state index in [1.807, 2.05) is 13.8 Å². The minimum absolute atomic E-state index is 0.171. The number of para-hydroxylation sites is 2. The van der Waals surface area contributed by atoms with Crippen LogP contribution in [0.1, 0.15) is 13.8 Å². The zero-order valence-electron chi connectivity index (χ0n) is 10.6. The van der Waals surface area contributed by atoms with Gasteiger partial charge in [-0.05, 0) is 12.1 Å². The lowest BCUT2D eigenvalue weighted by atomic mass is 10.3. The fraction of sp³-hybridized carbons (Fsp3) is 0.400. The van der Waals surface area contributed by atoms with E-state index in [1.165, 1.54) is 24.3 Å². The first-order valence-corrected chi connectivity index (χ1v) is 8.69. The van der Waals surface area contributed by atoms with E-state index in [4.69, 9.17) is 0 Å². The SMILES string of the molecule is CC.CS(=O)(=O)Oc1ccccc1OS(C)(=O)=O. The van der Waals surface area contributed by atoms with Crippen LogP contribution in [0.3, 0.4) is 0 Å². The Morgan fingerprint density at radius 2 is 1.06 bits per heavy atom. The highest BCUT2D eigenvalue weighted by Gasteiger charge is 2.13. The third-order valence-corrected chi connectivity index (χ3v) is 2.30. The first kappa shape index (κ1) is 16.7. The van der Waals surface area contributed by atoms with Gasteiger partial charge in [0.2, 0.25) is 0 Å². The summed E-state index contributed by atoms with van der Waals surface area (Å²) in [4.78, 5) is 0. The van der Waals surface area contributed by atoms with Crippen molar-refractivity contribution in [3.63, 3.8) is 0 Å². The highest BCUT2D eigenvalue weighted by Crippen LogP contribution is 2.28. The van der Waals surface area contributed by atoms with E-state index < -0.39 is 20.2 Å². The number of hydrogen-bond donors (Lipinski definition) is 0. The Hall–Kier alpha value is -1.28. The van der Waals surface area contributed by atoms with Crippen LogP contribution in [0, 0.1) is 0 Å². The minimum Gasteiger partial charge on any atom is -0.379 e. The van der Waals surface area contributed by atoms with Crippen LogP contribution in [0.15, 0.2) is 24.3 Å². The van der Waals surface area contributed by atoms with Gasteiger partial charge < -0.3 is 8.37 Å². The Morgan fingerprint density at radius 1 is 0.778 bits per heavy atom. The van der Waals surface area contributed by atoms with E-state index in [2.05, 4.69) is 8.37 Å². The maximum Gasteiger partial charge on any atom is 0.306 e. The van der Waals surface area contributed by atoms with Crippen LogP contribution >= 0.6 is 0 Å². The van der Waals surface area contributed by atoms with Gasteiger partial charge in [0.05, 0.1) is 12.5 Å². The van der Waals surface area contributed by atoms with Gasteiger partial charge in [-0.15, -0.1) is 0 Å². The highest BCUT2D eigenvalue weighted by atomic mass is 32.2. The quantitative estimate of drug-likeness (QED) is 0.780. The second-order valence-corrected chi connectivity index (χ2v) is 6.17. The van der Waals surface area contributed by atoms with E-state index in [9.17, 15) is 16.8 Å². The molecule has 0 atom stereocenters. The molecule has 0 unspecified atom stereocenters. The van der Waals surface area contributed by atoms with Crippen molar-refractivity contribution in [3.05, 3.63) is 24.3 Å². The van der Waals surface area contributed by atoms with Gasteiger partial charge in [-0.25, -0.2) is 0 Å². The first-order chi connectivity index (χ1) is 8.17. The molecule has 0 fully saturated rings. The van der Waals surface area contributed by atoms with Crippen LogP contribution in [0.5, 0.6) is 11.5 Å². The number of rotatable bonds is 4. The van der Waals surface area contributed by atoms with Crippen LogP contribution in [0.4, 0.5) is 0 Å². The molecule has 0 heterocycles. The Labute approximate surface area is 108 Å². The van der Waals surface area contributed by atoms with Crippen molar-refractivity contribution in [2.24, 2.45) is 0 Å². The molecule has 1 aromatic rings. The minimum atomic E-state index is -3.73. The fourth-order valence-electron chi connectivity index (χ4n) is 0.914. The average molecular weight is 296 g/mol. The lowest BCUT2D eigenvalue weighted by molar-refractivity contribution is 0.455. The van der Waals surface area contributed by atoms with Crippen molar-refractivity contribution in [3.8, 4) is 11.5 Å². The first-order valence-electron chi connectivity index (χ1n) is 5.05. The molecule has 0 radical (unpaired) electrons. The molecule has 0 aliphatic carbocycles. The monoisotopic (exact) mass is 296 g/mol. The molecule has 0 bridgehead atoms. The maximum absolute atomic E-state index is 10.9. The third-order valence-electron chi connectivity index (χ3n) is 1.33. The molecule has 6 nitrogen and oxygen atoms in total. The van der Waals surface area contributed by atoms with Crippen molar-refractivity contribution < 1.29 is 25.2 Å². The van der Waals surface area contributed by atoms with Crippen molar-refractivity contribution in [1.82, 2.24) is 0 Å². The molecule has 0 aromatic heterocycles. The van der Waals surface area contributed by atoms with Crippen LogP contribution in [-0.2, 0) is 20.2 Å². The Morgan fingerprint density at radius 3 is 1.28 bits per heavy atom. The largest absolute Gasteiger partial charge is 0.379 e. The summed E-state index contributed by atoms with van der Waals surface area (Å²) in [6.45, 7) is 4.00. The standard InChI is InChI=1S/C8H10O6S2.C2H6/c1-15(9,10)13-7-5-3-4-6-8(7)14-16(2,11)12;1-2/h3-6H,1-2H3;1-2H3. The molecule has 104 valence electrons. The van der Waals surface area contributed by atoms with Crippen LogP contribution < -0.4 is 8.37 Å². The summed E-state index contributed by atoms with van der Waals surface area (Å²) in [5.41, 5.74) is 0. The number of benzene rings is 1. The van der Waals surface area contributed by atoms with Gasteiger partial charge in [0.15, 0.2) is 11.5 Å². The molecule has 0 aliphatic rings. The van der Waals surface area contributed by atoms with E-state index in [0.717, 1.165) is 12.5 Å². The summed E-state index contributed by atoms with van der Waals surface area (Å²) in [6.07, 6.45) is 1.70. The molecule has 0 N–H and O–H groups in total. The van der Waals surface area contributed by atoms with Gasteiger partial charge in [-0.2, -0.15) is 16.8 Å². The van der Waals surface area contributed by atoms with E-state index >= 15 is 0 Å². The van der Waals surface area contributed by atoms with Crippen LogP contribution in [-0.4, -0.2) is 29.3 Å². The van der Waals surface area contributed by atoms with Gasteiger partial charge in [0.25, 0.3) is 0 Å². The van der Waals surface area contributed by atoms with Gasteiger partial charge in [-0.1, -0.05) is 26.0 Å². The normalized spacial score (nSPS) is 11.1. The molecule has 0 spiro atoms. The predicted octanol–water partition coefficient (Wildman–Crippen LogP) is 1.39. The van der Waals surface area contributed by atoms with Crippen molar-refractivity contribution >= 4 is 20.2 Å². The lowest BCUT2D eigenvalue weighted by Crippen LogP contribution is -2.10. The van der Waals surface area contributed by atoms with Gasteiger partial charge in [-0.3, -0.25) is 0 Å². The van der Waals surface area contributed by atoms with Gasteiger partial charge >= 0.3 is 20.2 Å². The molecule has 0 saturated heterocycles. The van der Waals surface area contributed by atoms with Crippen molar-refractivity contribution in [2.45, 2.75) is 13.8 Å². The summed E-state index contributed by atoms with van der Waals surface area (Å²) in [5.74, 6) is -0.342. The fourth-order valence-corrected chi connectivity index (χ4v) is 1.84. The molecule has 1 aromatic carbocycles. The molecule has 0 amide bonds. The van der Waals surface area contributed by atoms with Gasteiger partial charge in [0, 0.05) is 0 Å². The molecule has 18 heavy (non-hydrogen) atoms. The maximum atomic E-state index is 10.9. The lowest BCUT2D eigenvalue weighted by Gasteiger charge is -2.08.